The number of hydrogen-bond acceptors (Lipinski definition) is 5. The van der Waals surface area contributed by atoms with Crippen LogP contribution in [0.15, 0.2) is 6.20 Å². The number of ether oxygens (including phenoxy) is 1. The molecule has 0 fully saturated rings. The third-order valence-electron chi connectivity index (χ3n) is 1.59. The first kappa shape index (κ1) is 13.9. The molecule has 0 amide bonds. The van der Waals surface area contributed by atoms with E-state index in [0.717, 1.165) is 6.20 Å². The van der Waals surface area contributed by atoms with E-state index in [1.807, 2.05) is 0 Å². The van der Waals surface area contributed by atoms with Gasteiger partial charge in [-0.1, -0.05) is 0 Å². The van der Waals surface area contributed by atoms with E-state index in [0.29, 0.717) is 0 Å². The van der Waals surface area contributed by atoms with Gasteiger partial charge in [0.15, 0.2) is 0 Å². The van der Waals surface area contributed by atoms with E-state index in [-0.39, 0.29) is 9.13 Å². The van der Waals surface area contributed by atoms with Crippen LogP contribution in [0, 0.1) is 13.7 Å². The van der Waals surface area contributed by atoms with Gasteiger partial charge in [-0.2, -0.15) is 0 Å². The van der Waals surface area contributed by atoms with E-state index in [1.54, 1.807) is 0 Å². The Bertz CT molecular complexity index is 451. The molecule has 0 aliphatic carbocycles. The maximum absolute atomic E-state index is 12.1. The van der Waals surface area contributed by atoms with Crippen molar-refractivity contribution in [2.75, 3.05) is 0 Å². The van der Waals surface area contributed by atoms with Crippen LogP contribution in [0.25, 0.3) is 0 Å². The van der Waals surface area contributed by atoms with Crippen molar-refractivity contribution in [3.05, 3.63) is 25.4 Å². The molecule has 1 heterocycles. The molecule has 0 bridgehead atoms. The fraction of sp³-hybridized carbons (Fsp3) is 0.286. The average Bonchev–Trinajstić information content (AvgIpc) is 2.18. The summed E-state index contributed by atoms with van der Waals surface area (Å²) in [4.78, 5) is 12.6. The number of nitrogens with zero attached hydrogens (tertiary/aromatic N) is 2. The summed E-state index contributed by atoms with van der Waals surface area (Å²) in [7, 11) is 0. The number of pyridine rings is 1. The number of halogens is 4. The highest BCUT2D eigenvalue weighted by molar-refractivity contribution is 14.1. The SMILES string of the molecule is O=[N+]([O-])c1ncc(CO)c(I)c1OC(F)(F)F. The highest BCUT2D eigenvalue weighted by atomic mass is 127. The Morgan fingerprint density at radius 2 is 2.18 bits per heavy atom. The lowest BCUT2D eigenvalue weighted by Crippen LogP contribution is -2.19. The minimum Gasteiger partial charge on any atom is -0.395 e. The van der Waals surface area contributed by atoms with Gasteiger partial charge in [-0.3, -0.25) is 0 Å². The van der Waals surface area contributed by atoms with E-state index in [1.165, 1.54) is 22.6 Å². The van der Waals surface area contributed by atoms with Gasteiger partial charge in [-0.15, -0.1) is 13.2 Å². The van der Waals surface area contributed by atoms with Gasteiger partial charge < -0.3 is 20.0 Å². The van der Waals surface area contributed by atoms with Gasteiger partial charge in [-0.05, 0) is 32.5 Å². The van der Waals surface area contributed by atoms with Crippen molar-refractivity contribution in [1.82, 2.24) is 4.98 Å². The summed E-state index contributed by atoms with van der Waals surface area (Å²) in [6, 6.07) is 0. The first-order valence-corrected chi connectivity index (χ1v) is 5.02. The fourth-order valence-corrected chi connectivity index (χ4v) is 1.61. The molecular weight excluding hydrogens is 360 g/mol. The first-order chi connectivity index (χ1) is 7.76. The molecule has 0 aromatic carbocycles. The molecule has 0 saturated heterocycles. The Morgan fingerprint density at radius 3 is 2.59 bits per heavy atom. The minimum atomic E-state index is -5.07. The molecule has 1 aromatic heterocycles. The molecule has 0 spiro atoms. The number of aliphatic hydroxyl groups excluding tert-OH is 1. The van der Waals surface area contributed by atoms with Crippen LogP contribution in [0.4, 0.5) is 19.0 Å². The van der Waals surface area contributed by atoms with E-state index in [2.05, 4.69) is 9.72 Å². The zero-order chi connectivity index (χ0) is 13.2. The molecule has 0 atom stereocenters. The highest BCUT2D eigenvalue weighted by Crippen LogP contribution is 2.36. The van der Waals surface area contributed by atoms with Crippen molar-refractivity contribution < 1.29 is 27.9 Å². The molecule has 6 nitrogen and oxygen atoms in total. The Hall–Kier alpha value is -1.17. The van der Waals surface area contributed by atoms with Crippen LogP contribution in [0.5, 0.6) is 5.75 Å². The van der Waals surface area contributed by atoms with Crippen molar-refractivity contribution in [2.24, 2.45) is 0 Å². The normalized spacial score (nSPS) is 11.4. The predicted molar refractivity (Wildman–Crippen MR) is 56.2 cm³/mol. The van der Waals surface area contributed by atoms with Crippen molar-refractivity contribution in [2.45, 2.75) is 13.0 Å². The van der Waals surface area contributed by atoms with Crippen LogP contribution < -0.4 is 4.74 Å². The maximum Gasteiger partial charge on any atom is 0.573 e. The molecule has 1 aromatic rings. The summed E-state index contributed by atoms with van der Waals surface area (Å²) in [5, 5.41) is 19.3. The number of nitro groups is 1. The number of aliphatic hydroxyl groups is 1. The van der Waals surface area contributed by atoms with E-state index >= 15 is 0 Å². The van der Waals surface area contributed by atoms with Crippen LogP contribution in [0.1, 0.15) is 5.56 Å². The van der Waals surface area contributed by atoms with Gasteiger partial charge in [0, 0.05) is 5.56 Å². The van der Waals surface area contributed by atoms with E-state index in [9.17, 15) is 23.3 Å². The molecule has 1 N–H and O–H groups in total. The standard InChI is InChI=1S/C7H4F3IN2O4/c8-7(9,10)17-5-4(11)3(2-14)1-12-6(5)13(15)16/h1,14H,2H2. The third kappa shape index (κ3) is 3.39. The first-order valence-electron chi connectivity index (χ1n) is 3.94. The van der Waals surface area contributed by atoms with Crippen LogP contribution in [-0.2, 0) is 6.61 Å². The number of alkyl halides is 3. The van der Waals surface area contributed by atoms with Crippen LogP contribution >= 0.6 is 22.6 Å². The Labute approximate surface area is 106 Å². The van der Waals surface area contributed by atoms with Crippen LogP contribution in [0.3, 0.4) is 0 Å². The lowest BCUT2D eigenvalue weighted by Gasteiger charge is -2.11. The maximum atomic E-state index is 12.1. The predicted octanol–water partition coefficient (Wildman–Crippen LogP) is 1.99. The summed E-state index contributed by atoms with van der Waals surface area (Å²) in [6.45, 7) is -0.600. The molecule has 0 radical (unpaired) electrons. The molecule has 1 rings (SSSR count). The summed E-state index contributed by atoms with van der Waals surface area (Å²) >= 11 is 1.41. The topological polar surface area (TPSA) is 85.5 Å². The van der Waals surface area contributed by atoms with Crippen molar-refractivity contribution >= 4 is 28.4 Å². The largest absolute Gasteiger partial charge is 0.573 e. The molecule has 0 unspecified atom stereocenters. The van der Waals surface area contributed by atoms with Crippen molar-refractivity contribution in [3.8, 4) is 5.75 Å². The van der Waals surface area contributed by atoms with Gasteiger partial charge in [0.2, 0.25) is 5.75 Å². The smallest absolute Gasteiger partial charge is 0.395 e. The average molecular weight is 364 g/mol. The Kier molecular flexibility index (Phi) is 4.08. The van der Waals surface area contributed by atoms with E-state index < -0.39 is 29.5 Å². The Balaban J connectivity index is 3.35. The second-order valence-electron chi connectivity index (χ2n) is 2.71. The van der Waals surface area contributed by atoms with Crippen LogP contribution in [-0.4, -0.2) is 21.4 Å². The third-order valence-corrected chi connectivity index (χ3v) is 2.77. The molecular formula is C7H4F3IN2O4. The van der Waals surface area contributed by atoms with Gasteiger partial charge in [-0.25, -0.2) is 0 Å². The van der Waals surface area contributed by atoms with Crippen LogP contribution in [0.2, 0.25) is 0 Å². The monoisotopic (exact) mass is 364 g/mol. The summed E-state index contributed by atoms with van der Waals surface area (Å²) in [5.74, 6) is -2.07. The zero-order valence-electron chi connectivity index (χ0n) is 7.86. The molecule has 94 valence electrons. The second kappa shape index (κ2) is 5.00. The summed E-state index contributed by atoms with van der Waals surface area (Å²) < 4.78 is 39.5. The summed E-state index contributed by atoms with van der Waals surface area (Å²) in [6.07, 6.45) is -4.15. The Morgan fingerprint density at radius 1 is 1.59 bits per heavy atom. The van der Waals surface area contributed by atoms with Gasteiger partial charge in [0.05, 0.1) is 10.2 Å². The lowest BCUT2D eigenvalue weighted by molar-refractivity contribution is -0.393. The van der Waals surface area contributed by atoms with E-state index in [4.69, 9.17) is 5.11 Å². The number of rotatable bonds is 3. The molecule has 0 aliphatic heterocycles. The lowest BCUT2D eigenvalue weighted by atomic mass is 10.3. The quantitative estimate of drug-likeness (QED) is 0.504. The fourth-order valence-electron chi connectivity index (χ4n) is 0.945. The second-order valence-corrected chi connectivity index (χ2v) is 3.79. The number of aromatic nitrogens is 1. The van der Waals surface area contributed by atoms with Crippen molar-refractivity contribution in [1.29, 1.82) is 0 Å². The van der Waals surface area contributed by atoms with Gasteiger partial charge >= 0.3 is 12.2 Å². The molecule has 17 heavy (non-hydrogen) atoms. The molecule has 0 saturated carbocycles. The zero-order valence-corrected chi connectivity index (χ0v) is 10.0. The van der Waals surface area contributed by atoms with Gasteiger partial charge in [0.25, 0.3) is 0 Å². The minimum absolute atomic E-state index is 0.00968. The van der Waals surface area contributed by atoms with Gasteiger partial charge in [0.1, 0.15) is 6.20 Å². The summed E-state index contributed by atoms with van der Waals surface area (Å²) in [5.41, 5.74) is 0.00968. The van der Waals surface area contributed by atoms with Crippen molar-refractivity contribution in [3.63, 3.8) is 0 Å². The number of hydrogen-bond donors (Lipinski definition) is 1. The highest BCUT2D eigenvalue weighted by Gasteiger charge is 2.37. The molecule has 10 heteroatoms. The molecule has 0 aliphatic rings.